The predicted octanol–water partition coefficient (Wildman–Crippen LogP) is 4.65. The van der Waals surface area contributed by atoms with Gasteiger partial charge in [0.2, 0.25) is 0 Å². The van der Waals surface area contributed by atoms with E-state index in [2.05, 4.69) is 38.6 Å². The number of Topliss-reactive ketones (excluding diaryl/α,β-unsaturated/α-hetero) is 1. The first kappa shape index (κ1) is 16.1. The summed E-state index contributed by atoms with van der Waals surface area (Å²) in [4.78, 5) is 13.3. The second-order valence-corrected chi connectivity index (χ2v) is 8.51. The van der Waals surface area contributed by atoms with E-state index in [-0.39, 0.29) is 17.4 Å². The van der Waals surface area contributed by atoms with Crippen LogP contribution in [0, 0.1) is 30.1 Å². The average molecular weight is 324 g/mol. The van der Waals surface area contributed by atoms with E-state index in [1.165, 1.54) is 5.56 Å². The van der Waals surface area contributed by atoms with Gasteiger partial charge < -0.3 is 5.11 Å². The van der Waals surface area contributed by atoms with Crippen LogP contribution in [0.3, 0.4) is 0 Å². The summed E-state index contributed by atoms with van der Waals surface area (Å²) in [6.07, 6.45) is 6.57. The molecule has 3 aliphatic carbocycles. The van der Waals surface area contributed by atoms with Gasteiger partial charge in [-0.3, -0.25) is 4.79 Å². The van der Waals surface area contributed by atoms with Crippen LogP contribution >= 0.6 is 0 Å². The van der Waals surface area contributed by atoms with Crippen molar-refractivity contribution in [1.29, 1.82) is 0 Å². The first-order chi connectivity index (χ1) is 11.5. The molecule has 24 heavy (non-hydrogen) atoms. The smallest absolute Gasteiger partial charge is 0.166 e. The molecular weight excluding hydrogens is 296 g/mol. The number of allylic oxidation sites excluding steroid dienone is 1. The van der Waals surface area contributed by atoms with Crippen LogP contribution in [-0.4, -0.2) is 17.0 Å². The zero-order valence-electron chi connectivity index (χ0n) is 14.8. The number of carbonyl (C=O) groups excluding carboxylic acids is 1. The topological polar surface area (TPSA) is 37.3 Å². The number of hydrogen-bond donors (Lipinski definition) is 1. The summed E-state index contributed by atoms with van der Waals surface area (Å²) < 4.78 is 0. The Morgan fingerprint density at radius 3 is 2.88 bits per heavy atom. The molecule has 2 saturated carbocycles. The molecule has 0 bridgehead atoms. The van der Waals surface area contributed by atoms with E-state index in [0.29, 0.717) is 23.5 Å². The number of aryl methyl sites for hydroxylation is 1. The van der Waals surface area contributed by atoms with E-state index in [9.17, 15) is 9.90 Å². The highest BCUT2D eigenvalue weighted by Gasteiger charge is 2.57. The van der Waals surface area contributed by atoms with Crippen LogP contribution in [0.4, 0.5) is 0 Å². The van der Waals surface area contributed by atoms with Crippen molar-refractivity contribution in [3.05, 3.63) is 47.5 Å². The highest BCUT2D eigenvalue weighted by Crippen LogP contribution is 2.62. The van der Waals surface area contributed by atoms with Crippen molar-refractivity contribution in [3.8, 4) is 0 Å². The van der Waals surface area contributed by atoms with Gasteiger partial charge in [0.25, 0.3) is 0 Å². The van der Waals surface area contributed by atoms with Gasteiger partial charge >= 0.3 is 0 Å². The molecule has 2 nitrogen and oxygen atoms in total. The Morgan fingerprint density at radius 1 is 1.33 bits per heavy atom. The van der Waals surface area contributed by atoms with Crippen molar-refractivity contribution in [2.75, 3.05) is 0 Å². The predicted molar refractivity (Wildman–Crippen MR) is 96.1 cm³/mol. The van der Waals surface area contributed by atoms with Gasteiger partial charge in [0.1, 0.15) is 0 Å². The lowest BCUT2D eigenvalue weighted by molar-refractivity contribution is -0.0335. The second kappa shape index (κ2) is 5.56. The number of fused-ring (bicyclic) bond motifs is 5. The molecule has 6 atom stereocenters. The average Bonchev–Trinajstić information content (AvgIpc) is 2.86. The van der Waals surface area contributed by atoms with E-state index in [0.717, 1.165) is 43.2 Å². The third-order valence-electron chi connectivity index (χ3n) is 7.38. The lowest BCUT2D eigenvalue weighted by atomic mass is 9.52. The van der Waals surface area contributed by atoms with Crippen molar-refractivity contribution in [3.63, 3.8) is 0 Å². The number of benzene rings is 1. The van der Waals surface area contributed by atoms with Crippen LogP contribution in [0.15, 0.2) is 30.9 Å². The highest BCUT2D eigenvalue weighted by molar-refractivity contribution is 6.01. The molecule has 0 radical (unpaired) electrons. The molecule has 2 heteroatoms. The summed E-state index contributed by atoms with van der Waals surface area (Å²) in [5.74, 6) is 1.63. The first-order valence-electron chi connectivity index (χ1n) is 9.41. The Morgan fingerprint density at radius 2 is 2.12 bits per heavy atom. The second-order valence-electron chi connectivity index (χ2n) is 8.51. The fourth-order valence-electron chi connectivity index (χ4n) is 6.12. The molecule has 0 saturated heterocycles. The van der Waals surface area contributed by atoms with Crippen molar-refractivity contribution >= 4 is 5.78 Å². The molecule has 1 N–H and O–H groups in total. The molecule has 3 aliphatic rings. The first-order valence-corrected chi connectivity index (χ1v) is 9.41. The van der Waals surface area contributed by atoms with Crippen LogP contribution in [0.25, 0.3) is 0 Å². The van der Waals surface area contributed by atoms with Crippen molar-refractivity contribution in [2.45, 2.75) is 58.0 Å². The van der Waals surface area contributed by atoms with E-state index in [1.54, 1.807) is 0 Å². The molecule has 4 rings (SSSR count). The monoisotopic (exact) mass is 324 g/mol. The SMILES string of the molecule is C=CC[C@@H]1C(=O)c2cc(C)ccc2C2CC[C@@]3(C)C(CC[C@@H]3O)C21. The van der Waals surface area contributed by atoms with E-state index in [4.69, 9.17) is 0 Å². The van der Waals surface area contributed by atoms with E-state index >= 15 is 0 Å². The fraction of sp³-hybridized carbons (Fsp3) is 0.591. The molecular formula is C22H28O2. The molecule has 128 valence electrons. The number of hydrogen-bond acceptors (Lipinski definition) is 2. The van der Waals surface area contributed by atoms with Crippen molar-refractivity contribution in [1.82, 2.24) is 0 Å². The number of aliphatic hydroxyl groups excluding tert-OH is 1. The van der Waals surface area contributed by atoms with Gasteiger partial charge in [0, 0.05) is 11.5 Å². The van der Waals surface area contributed by atoms with Gasteiger partial charge in [-0.2, -0.15) is 0 Å². The maximum absolute atomic E-state index is 13.3. The van der Waals surface area contributed by atoms with Crippen molar-refractivity contribution < 1.29 is 9.90 Å². The minimum Gasteiger partial charge on any atom is -0.393 e. The summed E-state index contributed by atoms with van der Waals surface area (Å²) in [6, 6.07) is 6.42. The summed E-state index contributed by atoms with van der Waals surface area (Å²) in [5.41, 5.74) is 3.36. The maximum atomic E-state index is 13.3. The van der Waals surface area contributed by atoms with Crippen LogP contribution in [0.5, 0.6) is 0 Å². The molecule has 0 heterocycles. The highest BCUT2D eigenvalue weighted by atomic mass is 16.3. The Balaban J connectivity index is 1.84. The van der Waals surface area contributed by atoms with Gasteiger partial charge in [0.15, 0.2) is 5.78 Å². The maximum Gasteiger partial charge on any atom is 0.166 e. The van der Waals surface area contributed by atoms with Gasteiger partial charge in [0.05, 0.1) is 6.10 Å². The van der Waals surface area contributed by atoms with Gasteiger partial charge in [-0.15, -0.1) is 6.58 Å². The number of aliphatic hydroxyl groups is 1. The van der Waals surface area contributed by atoms with Crippen LogP contribution in [-0.2, 0) is 0 Å². The normalized spacial score (nSPS) is 40.6. The Kier molecular flexibility index (Phi) is 3.72. The summed E-state index contributed by atoms with van der Waals surface area (Å²) >= 11 is 0. The third-order valence-corrected chi connectivity index (χ3v) is 7.38. The summed E-state index contributed by atoms with van der Waals surface area (Å²) in [7, 11) is 0. The third kappa shape index (κ3) is 2.08. The standard InChI is InChI=1S/C22H28O2/c1-4-5-16-20-15(10-11-22(3)18(20)8-9-19(22)23)14-7-6-13(2)12-17(14)21(16)24/h4,6-7,12,15-16,18-20,23H,1,5,8-11H2,2-3H3/t15?,16-,18?,19-,20?,22-/m0/s1. The molecule has 0 amide bonds. The number of rotatable bonds is 2. The van der Waals surface area contributed by atoms with Gasteiger partial charge in [-0.25, -0.2) is 0 Å². The summed E-state index contributed by atoms with van der Waals surface area (Å²) in [6.45, 7) is 8.24. The molecule has 2 fully saturated rings. The number of ketones is 1. The molecule has 0 spiro atoms. The van der Waals surface area contributed by atoms with Gasteiger partial charge in [-0.1, -0.05) is 30.7 Å². The molecule has 0 aromatic heterocycles. The molecule has 1 aromatic carbocycles. The van der Waals surface area contributed by atoms with E-state index < -0.39 is 0 Å². The minimum atomic E-state index is -0.206. The Bertz CT molecular complexity index is 691. The van der Waals surface area contributed by atoms with Crippen molar-refractivity contribution in [2.24, 2.45) is 23.2 Å². The summed E-state index contributed by atoms with van der Waals surface area (Å²) in [5, 5.41) is 10.6. The lowest BCUT2D eigenvalue weighted by Crippen LogP contribution is -2.48. The lowest BCUT2D eigenvalue weighted by Gasteiger charge is -2.52. The zero-order valence-corrected chi connectivity index (χ0v) is 14.8. The molecule has 1 aromatic rings. The minimum absolute atomic E-state index is 0.0108. The zero-order chi connectivity index (χ0) is 17.1. The molecule has 0 aliphatic heterocycles. The fourth-order valence-corrected chi connectivity index (χ4v) is 6.12. The van der Waals surface area contributed by atoms with Crippen LogP contribution in [0.2, 0.25) is 0 Å². The van der Waals surface area contributed by atoms with Gasteiger partial charge in [-0.05, 0) is 73.8 Å². The quantitative estimate of drug-likeness (QED) is 0.804. The van der Waals surface area contributed by atoms with Crippen LogP contribution in [0.1, 0.15) is 66.4 Å². The Labute approximate surface area is 145 Å². The largest absolute Gasteiger partial charge is 0.393 e. The van der Waals surface area contributed by atoms with Crippen LogP contribution < -0.4 is 0 Å². The van der Waals surface area contributed by atoms with E-state index in [1.807, 2.05) is 6.08 Å². The number of carbonyl (C=O) groups is 1. The Hall–Kier alpha value is -1.41. The molecule has 3 unspecified atom stereocenters.